The molecular weight excluding hydrogens is 178 g/mol. The summed E-state index contributed by atoms with van der Waals surface area (Å²) in [6, 6.07) is 8.13. The number of epoxide rings is 1. The van der Waals surface area contributed by atoms with Crippen molar-refractivity contribution in [2.24, 2.45) is 0 Å². The Balaban J connectivity index is 1.95. The molecule has 0 saturated carbocycles. The summed E-state index contributed by atoms with van der Waals surface area (Å²) in [4.78, 5) is 2.20. The van der Waals surface area contributed by atoms with Crippen molar-refractivity contribution >= 4 is 0 Å². The summed E-state index contributed by atoms with van der Waals surface area (Å²) in [6.45, 7) is 1.79. The summed E-state index contributed by atoms with van der Waals surface area (Å²) in [5.74, 6) is 0.902. The van der Waals surface area contributed by atoms with Crippen LogP contribution in [0, 0.1) is 0 Å². The highest BCUT2D eigenvalue weighted by Crippen LogP contribution is 2.17. The van der Waals surface area contributed by atoms with E-state index in [2.05, 4.69) is 24.1 Å². The van der Waals surface area contributed by atoms with Crippen LogP contribution in [-0.2, 0) is 11.3 Å². The van der Waals surface area contributed by atoms with Crippen LogP contribution in [0.3, 0.4) is 0 Å². The molecule has 1 saturated heterocycles. The predicted molar refractivity (Wildman–Crippen MR) is 54.2 cm³/mol. The molecule has 2 rings (SSSR count). The van der Waals surface area contributed by atoms with E-state index >= 15 is 0 Å². The van der Waals surface area contributed by atoms with Gasteiger partial charge in [-0.15, -0.1) is 0 Å². The van der Waals surface area contributed by atoms with Gasteiger partial charge in [0, 0.05) is 6.54 Å². The van der Waals surface area contributed by atoms with Gasteiger partial charge in [0.25, 0.3) is 0 Å². The van der Waals surface area contributed by atoms with Gasteiger partial charge in [0.05, 0.1) is 13.7 Å². The fourth-order valence-corrected chi connectivity index (χ4v) is 1.42. The molecule has 0 bridgehead atoms. The molecule has 1 fully saturated rings. The van der Waals surface area contributed by atoms with E-state index in [-0.39, 0.29) is 0 Å². The van der Waals surface area contributed by atoms with E-state index in [1.807, 2.05) is 12.1 Å². The van der Waals surface area contributed by atoms with Gasteiger partial charge in [0.15, 0.2) is 0 Å². The highest BCUT2D eigenvalue weighted by Gasteiger charge is 2.27. The molecule has 1 aromatic carbocycles. The van der Waals surface area contributed by atoms with Crippen LogP contribution in [0.1, 0.15) is 5.56 Å². The number of benzene rings is 1. The van der Waals surface area contributed by atoms with Crippen molar-refractivity contribution in [3.05, 3.63) is 29.8 Å². The van der Waals surface area contributed by atoms with Gasteiger partial charge in [0.2, 0.25) is 0 Å². The number of hydrogen-bond donors (Lipinski definition) is 0. The molecule has 0 aliphatic carbocycles. The van der Waals surface area contributed by atoms with E-state index < -0.39 is 0 Å². The molecule has 14 heavy (non-hydrogen) atoms. The summed E-state index contributed by atoms with van der Waals surface area (Å²) >= 11 is 0. The fraction of sp³-hybridized carbons (Fsp3) is 0.455. The Hall–Kier alpha value is -1.06. The Morgan fingerprint density at radius 1 is 1.43 bits per heavy atom. The molecule has 1 aromatic rings. The van der Waals surface area contributed by atoms with Crippen molar-refractivity contribution in [1.82, 2.24) is 4.90 Å². The maximum Gasteiger partial charge on any atom is 0.134 e. The number of rotatable bonds is 4. The Kier molecular flexibility index (Phi) is 2.70. The molecule has 3 nitrogen and oxygen atoms in total. The van der Waals surface area contributed by atoms with Gasteiger partial charge in [-0.1, -0.05) is 12.1 Å². The van der Waals surface area contributed by atoms with Gasteiger partial charge < -0.3 is 9.47 Å². The quantitative estimate of drug-likeness (QED) is 0.677. The first-order chi connectivity index (χ1) is 6.79. The number of hydrogen-bond acceptors (Lipinski definition) is 3. The average molecular weight is 193 g/mol. The molecule has 3 heteroatoms. The summed E-state index contributed by atoms with van der Waals surface area (Å²) in [5, 5.41) is 0. The zero-order valence-electron chi connectivity index (χ0n) is 8.56. The van der Waals surface area contributed by atoms with Crippen LogP contribution >= 0.6 is 0 Å². The molecule has 0 amide bonds. The van der Waals surface area contributed by atoms with Crippen molar-refractivity contribution in [2.45, 2.75) is 12.8 Å². The standard InChI is InChI=1S/C11H15NO2/c1-12(11-8-14-11)7-9-3-5-10(13-2)6-4-9/h3-6,11H,7-8H2,1-2H3. The average Bonchev–Trinajstić information content (AvgIpc) is 3.02. The molecule has 1 unspecified atom stereocenters. The summed E-state index contributed by atoms with van der Waals surface area (Å²) in [5.41, 5.74) is 1.28. The Labute approximate surface area is 84.2 Å². The fourth-order valence-electron chi connectivity index (χ4n) is 1.42. The van der Waals surface area contributed by atoms with Crippen LogP contribution < -0.4 is 4.74 Å². The molecule has 0 aromatic heterocycles. The molecule has 0 radical (unpaired) electrons. The van der Waals surface area contributed by atoms with Crippen LogP contribution in [0.5, 0.6) is 5.75 Å². The lowest BCUT2D eigenvalue weighted by Crippen LogP contribution is -2.20. The molecule has 1 aliphatic rings. The Morgan fingerprint density at radius 2 is 2.07 bits per heavy atom. The van der Waals surface area contributed by atoms with Crippen LogP contribution in [0.15, 0.2) is 24.3 Å². The largest absolute Gasteiger partial charge is 0.497 e. The zero-order chi connectivity index (χ0) is 9.97. The number of likely N-dealkylation sites (N-methyl/N-ethyl adjacent to an activating group) is 1. The topological polar surface area (TPSA) is 25.0 Å². The van der Waals surface area contributed by atoms with Crippen molar-refractivity contribution in [3.63, 3.8) is 0 Å². The lowest BCUT2D eigenvalue weighted by molar-refractivity contribution is 0.205. The van der Waals surface area contributed by atoms with Crippen LogP contribution in [0.2, 0.25) is 0 Å². The zero-order valence-corrected chi connectivity index (χ0v) is 8.56. The smallest absolute Gasteiger partial charge is 0.134 e. The summed E-state index contributed by atoms with van der Waals surface area (Å²) < 4.78 is 10.3. The number of ether oxygens (including phenoxy) is 2. The third-order valence-corrected chi connectivity index (χ3v) is 2.40. The molecule has 0 spiro atoms. The van der Waals surface area contributed by atoms with E-state index in [1.165, 1.54) is 5.56 Å². The van der Waals surface area contributed by atoms with Gasteiger partial charge in [-0.05, 0) is 24.7 Å². The van der Waals surface area contributed by atoms with Gasteiger partial charge in [-0.25, -0.2) is 0 Å². The molecule has 76 valence electrons. The van der Waals surface area contributed by atoms with Crippen LogP contribution in [0.4, 0.5) is 0 Å². The van der Waals surface area contributed by atoms with Gasteiger partial charge in [-0.2, -0.15) is 0 Å². The van der Waals surface area contributed by atoms with Crippen molar-refractivity contribution in [1.29, 1.82) is 0 Å². The van der Waals surface area contributed by atoms with Crippen molar-refractivity contribution in [3.8, 4) is 5.75 Å². The van der Waals surface area contributed by atoms with Crippen LogP contribution in [0.25, 0.3) is 0 Å². The van der Waals surface area contributed by atoms with E-state index in [9.17, 15) is 0 Å². The van der Waals surface area contributed by atoms with E-state index in [0.29, 0.717) is 6.23 Å². The first-order valence-electron chi connectivity index (χ1n) is 4.74. The minimum atomic E-state index is 0.331. The lowest BCUT2D eigenvalue weighted by Gasteiger charge is -2.13. The second-order valence-corrected chi connectivity index (χ2v) is 3.55. The molecule has 1 aliphatic heterocycles. The maximum absolute atomic E-state index is 5.19. The molecule has 0 N–H and O–H groups in total. The summed E-state index contributed by atoms with van der Waals surface area (Å²) in [6.07, 6.45) is 0.331. The molecule has 1 atom stereocenters. The summed E-state index contributed by atoms with van der Waals surface area (Å²) in [7, 11) is 3.75. The monoisotopic (exact) mass is 193 g/mol. The predicted octanol–water partition coefficient (Wildman–Crippen LogP) is 1.48. The highest BCUT2D eigenvalue weighted by molar-refractivity contribution is 5.27. The maximum atomic E-state index is 5.19. The molecular formula is C11H15NO2. The molecule has 1 heterocycles. The third kappa shape index (κ3) is 2.25. The van der Waals surface area contributed by atoms with Crippen molar-refractivity contribution in [2.75, 3.05) is 20.8 Å². The van der Waals surface area contributed by atoms with E-state index in [4.69, 9.17) is 9.47 Å². The van der Waals surface area contributed by atoms with Crippen molar-refractivity contribution < 1.29 is 9.47 Å². The third-order valence-electron chi connectivity index (χ3n) is 2.40. The second-order valence-electron chi connectivity index (χ2n) is 3.55. The second kappa shape index (κ2) is 3.98. The SMILES string of the molecule is COc1ccc(CN(C)C2CO2)cc1. The van der Waals surface area contributed by atoms with E-state index in [0.717, 1.165) is 18.9 Å². The minimum absolute atomic E-state index is 0.331. The normalized spacial score (nSPS) is 19.8. The number of nitrogens with zero attached hydrogens (tertiary/aromatic N) is 1. The van der Waals surface area contributed by atoms with Gasteiger partial charge in [0.1, 0.15) is 12.0 Å². The Morgan fingerprint density at radius 3 is 2.57 bits per heavy atom. The number of methoxy groups -OCH3 is 1. The first-order valence-corrected chi connectivity index (χ1v) is 4.74. The minimum Gasteiger partial charge on any atom is -0.497 e. The van der Waals surface area contributed by atoms with Crippen LogP contribution in [-0.4, -0.2) is 31.9 Å². The highest BCUT2D eigenvalue weighted by atomic mass is 16.6. The van der Waals surface area contributed by atoms with Gasteiger partial charge in [-0.3, -0.25) is 4.90 Å². The first kappa shape index (κ1) is 9.49. The van der Waals surface area contributed by atoms with Gasteiger partial charge >= 0.3 is 0 Å². The van der Waals surface area contributed by atoms with E-state index in [1.54, 1.807) is 7.11 Å². The Bertz CT molecular complexity index is 293. The lowest BCUT2D eigenvalue weighted by atomic mass is 10.2.